The van der Waals surface area contributed by atoms with Crippen LogP contribution < -0.4 is 16.2 Å². The SMILES string of the molecule is CN(CC1(O)CCOCC1)c1ncnc(NN)c1[N+](=O)[O-]. The Kier molecular flexibility index (Phi) is 4.50. The second-order valence-corrected chi connectivity index (χ2v) is 4.99. The van der Waals surface area contributed by atoms with Crippen molar-refractivity contribution in [1.82, 2.24) is 9.97 Å². The molecule has 116 valence electrons. The summed E-state index contributed by atoms with van der Waals surface area (Å²) in [6, 6.07) is 0. The fourth-order valence-corrected chi connectivity index (χ4v) is 2.35. The molecule has 0 aliphatic carbocycles. The third-order valence-corrected chi connectivity index (χ3v) is 3.44. The van der Waals surface area contributed by atoms with Gasteiger partial charge in [-0.05, 0) is 0 Å². The van der Waals surface area contributed by atoms with E-state index in [4.69, 9.17) is 10.6 Å². The Hall–Kier alpha value is -2.04. The first-order chi connectivity index (χ1) is 9.97. The second kappa shape index (κ2) is 6.16. The lowest BCUT2D eigenvalue weighted by atomic mass is 9.94. The van der Waals surface area contributed by atoms with Gasteiger partial charge in [0.15, 0.2) is 0 Å². The summed E-state index contributed by atoms with van der Waals surface area (Å²) in [5.74, 6) is 5.27. The average Bonchev–Trinajstić information content (AvgIpc) is 2.46. The lowest BCUT2D eigenvalue weighted by molar-refractivity contribution is -0.383. The van der Waals surface area contributed by atoms with Gasteiger partial charge in [-0.3, -0.25) is 10.1 Å². The van der Waals surface area contributed by atoms with E-state index in [1.807, 2.05) is 0 Å². The zero-order chi connectivity index (χ0) is 15.5. The van der Waals surface area contributed by atoms with Gasteiger partial charge in [-0.1, -0.05) is 0 Å². The first-order valence-electron chi connectivity index (χ1n) is 6.44. The summed E-state index contributed by atoms with van der Waals surface area (Å²) in [5, 5.41) is 21.7. The van der Waals surface area contributed by atoms with E-state index in [1.165, 1.54) is 11.2 Å². The molecular weight excluding hydrogens is 280 g/mol. The monoisotopic (exact) mass is 298 g/mol. The molecule has 0 unspecified atom stereocenters. The third kappa shape index (κ3) is 3.35. The van der Waals surface area contributed by atoms with Crippen LogP contribution in [0.1, 0.15) is 12.8 Å². The third-order valence-electron chi connectivity index (χ3n) is 3.44. The van der Waals surface area contributed by atoms with Crippen molar-refractivity contribution in [3.8, 4) is 0 Å². The molecule has 10 nitrogen and oxygen atoms in total. The molecule has 10 heteroatoms. The van der Waals surface area contributed by atoms with Crippen molar-refractivity contribution in [2.24, 2.45) is 5.84 Å². The van der Waals surface area contributed by atoms with E-state index in [1.54, 1.807) is 7.05 Å². The molecule has 1 aliphatic heterocycles. The summed E-state index contributed by atoms with van der Waals surface area (Å²) in [6.07, 6.45) is 2.12. The number of ether oxygens (including phenoxy) is 1. The number of nitrogens with one attached hydrogen (secondary N) is 1. The largest absolute Gasteiger partial charge is 0.388 e. The van der Waals surface area contributed by atoms with E-state index in [-0.39, 0.29) is 23.9 Å². The number of aromatic nitrogens is 2. The molecule has 1 aromatic rings. The Bertz CT molecular complexity index is 519. The van der Waals surface area contributed by atoms with Gasteiger partial charge in [0.1, 0.15) is 6.33 Å². The van der Waals surface area contributed by atoms with Crippen LogP contribution in [-0.2, 0) is 4.74 Å². The van der Waals surface area contributed by atoms with Crippen LogP contribution in [0.3, 0.4) is 0 Å². The molecule has 2 rings (SSSR count). The highest BCUT2D eigenvalue weighted by molar-refractivity contribution is 5.69. The second-order valence-electron chi connectivity index (χ2n) is 4.99. The maximum Gasteiger partial charge on any atom is 0.354 e. The van der Waals surface area contributed by atoms with E-state index < -0.39 is 10.5 Å². The number of hydrogen-bond donors (Lipinski definition) is 3. The zero-order valence-corrected chi connectivity index (χ0v) is 11.7. The maximum absolute atomic E-state index is 11.2. The van der Waals surface area contributed by atoms with Crippen molar-refractivity contribution in [2.45, 2.75) is 18.4 Å². The summed E-state index contributed by atoms with van der Waals surface area (Å²) in [5.41, 5.74) is 0.906. The summed E-state index contributed by atoms with van der Waals surface area (Å²) in [6.45, 7) is 1.13. The van der Waals surface area contributed by atoms with Gasteiger partial charge in [0.05, 0.1) is 10.5 Å². The molecule has 0 radical (unpaired) electrons. The maximum atomic E-state index is 11.2. The van der Waals surface area contributed by atoms with Crippen molar-refractivity contribution in [3.05, 3.63) is 16.4 Å². The Morgan fingerprint density at radius 2 is 2.24 bits per heavy atom. The van der Waals surface area contributed by atoms with Gasteiger partial charge in [0.2, 0.25) is 11.6 Å². The standard InChI is InChI=1S/C11H18N6O4/c1-16(6-11(18)2-4-21-5-3-11)10-8(17(19)20)9(15-12)13-7-14-10/h7,18H,2-6,12H2,1H3,(H,13,14,15). The molecule has 0 bridgehead atoms. The predicted molar refractivity (Wildman–Crippen MR) is 74.8 cm³/mol. The quantitative estimate of drug-likeness (QED) is 0.378. The molecule has 1 fully saturated rings. The van der Waals surface area contributed by atoms with Gasteiger partial charge in [0.25, 0.3) is 0 Å². The number of nitrogen functional groups attached to an aromatic ring is 1. The van der Waals surface area contributed by atoms with Gasteiger partial charge in [-0.15, -0.1) is 0 Å². The van der Waals surface area contributed by atoms with Crippen molar-refractivity contribution in [2.75, 3.05) is 37.1 Å². The molecular formula is C11H18N6O4. The summed E-state index contributed by atoms with van der Waals surface area (Å²) in [7, 11) is 1.63. The molecule has 0 atom stereocenters. The van der Waals surface area contributed by atoms with Gasteiger partial charge in [0, 0.05) is 39.6 Å². The lowest BCUT2D eigenvalue weighted by Crippen LogP contribution is -2.46. The topological polar surface area (TPSA) is 140 Å². The molecule has 21 heavy (non-hydrogen) atoms. The van der Waals surface area contributed by atoms with Crippen molar-refractivity contribution in [3.63, 3.8) is 0 Å². The van der Waals surface area contributed by atoms with Crippen LogP contribution >= 0.6 is 0 Å². The minimum atomic E-state index is -0.956. The number of hydrazine groups is 1. The Morgan fingerprint density at radius 3 is 2.81 bits per heavy atom. The minimum absolute atomic E-state index is 0.0733. The molecule has 0 aromatic carbocycles. The first-order valence-corrected chi connectivity index (χ1v) is 6.44. The van der Waals surface area contributed by atoms with Gasteiger partial charge in [-0.2, -0.15) is 0 Å². The number of hydrogen-bond acceptors (Lipinski definition) is 9. The normalized spacial score (nSPS) is 17.3. The van der Waals surface area contributed by atoms with Crippen LogP contribution in [0, 0.1) is 10.1 Å². The van der Waals surface area contributed by atoms with Crippen LogP contribution in [0.4, 0.5) is 17.3 Å². The molecule has 1 aromatic heterocycles. The number of rotatable bonds is 5. The Balaban J connectivity index is 2.26. The molecule has 0 spiro atoms. The van der Waals surface area contributed by atoms with Crippen molar-refractivity contribution < 1.29 is 14.8 Å². The minimum Gasteiger partial charge on any atom is -0.388 e. The van der Waals surface area contributed by atoms with Gasteiger partial charge in [-0.25, -0.2) is 15.8 Å². The number of nitrogens with two attached hydrogens (primary N) is 1. The fourth-order valence-electron chi connectivity index (χ4n) is 2.35. The van der Waals surface area contributed by atoms with Crippen LogP contribution in [-0.4, -0.2) is 52.4 Å². The smallest absolute Gasteiger partial charge is 0.354 e. The van der Waals surface area contributed by atoms with Gasteiger partial charge >= 0.3 is 5.69 Å². The highest BCUT2D eigenvalue weighted by Crippen LogP contribution is 2.32. The Labute approximate surface area is 121 Å². The summed E-state index contributed by atoms with van der Waals surface area (Å²) in [4.78, 5) is 19.8. The van der Waals surface area contributed by atoms with E-state index in [2.05, 4.69) is 15.4 Å². The van der Waals surface area contributed by atoms with E-state index >= 15 is 0 Å². The molecule has 1 aliphatic rings. The average molecular weight is 298 g/mol. The number of nitrogens with zero attached hydrogens (tertiary/aromatic N) is 4. The summed E-state index contributed by atoms with van der Waals surface area (Å²) < 4.78 is 5.21. The number of nitro groups is 1. The zero-order valence-electron chi connectivity index (χ0n) is 11.7. The van der Waals surface area contributed by atoms with Gasteiger partial charge < -0.3 is 20.2 Å². The van der Waals surface area contributed by atoms with Crippen LogP contribution in [0.2, 0.25) is 0 Å². The van der Waals surface area contributed by atoms with E-state index in [0.717, 1.165) is 0 Å². The fraction of sp³-hybridized carbons (Fsp3) is 0.636. The number of anilines is 2. The molecule has 1 saturated heterocycles. The molecule has 0 amide bonds. The highest BCUT2D eigenvalue weighted by atomic mass is 16.6. The Morgan fingerprint density at radius 1 is 1.57 bits per heavy atom. The molecule has 4 N–H and O–H groups in total. The lowest BCUT2D eigenvalue weighted by Gasteiger charge is -2.35. The van der Waals surface area contributed by atoms with E-state index in [9.17, 15) is 15.2 Å². The van der Waals surface area contributed by atoms with Crippen molar-refractivity contribution in [1.29, 1.82) is 0 Å². The summed E-state index contributed by atoms with van der Waals surface area (Å²) >= 11 is 0. The van der Waals surface area contributed by atoms with Crippen LogP contribution in [0.15, 0.2) is 6.33 Å². The highest BCUT2D eigenvalue weighted by Gasteiger charge is 2.34. The first kappa shape index (κ1) is 15.4. The van der Waals surface area contributed by atoms with E-state index in [0.29, 0.717) is 26.1 Å². The number of likely N-dealkylation sites (N-methyl/N-ethyl adjacent to an activating group) is 1. The van der Waals surface area contributed by atoms with Crippen LogP contribution in [0.5, 0.6) is 0 Å². The van der Waals surface area contributed by atoms with Crippen molar-refractivity contribution >= 4 is 17.3 Å². The predicted octanol–water partition coefficient (Wildman–Crippen LogP) is -0.352. The molecule has 2 heterocycles. The van der Waals surface area contributed by atoms with Crippen LogP contribution in [0.25, 0.3) is 0 Å². The molecule has 0 saturated carbocycles. The number of aliphatic hydroxyl groups is 1.